The van der Waals surface area contributed by atoms with E-state index in [1.807, 2.05) is 12.1 Å². The molecule has 0 saturated carbocycles. The largest absolute Gasteiger partial charge is 0.436 e. The van der Waals surface area contributed by atoms with Gasteiger partial charge < -0.3 is 9.73 Å². The lowest BCUT2D eigenvalue weighted by atomic mass is 9.98. The molecular weight excluding hydrogens is 324 g/mol. The zero-order valence-electron chi connectivity index (χ0n) is 13.9. The summed E-state index contributed by atoms with van der Waals surface area (Å²) in [6.45, 7) is 5.81. The quantitative estimate of drug-likeness (QED) is 0.669. The zero-order valence-corrected chi connectivity index (χ0v) is 14.6. The van der Waals surface area contributed by atoms with Crippen molar-refractivity contribution >= 4 is 34.3 Å². The van der Waals surface area contributed by atoms with Crippen LogP contribution in [-0.2, 0) is 4.79 Å². The Kier molecular flexibility index (Phi) is 4.58. The van der Waals surface area contributed by atoms with Gasteiger partial charge in [-0.3, -0.25) is 4.79 Å². The Morgan fingerprint density at radius 3 is 2.79 bits per heavy atom. The predicted octanol–water partition coefficient (Wildman–Crippen LogP) is 5.62. The number of carbonyl (C=O) groups is 1. The van der Waals surface area contributed by atoms with Crippen molar-refractivity contribution in [3.63, 3.8) is 0 Å². The molecule has 1 amide bonds. The van der Waals surface area contributed by atoms with Crippen molar-refractivity contribution in [1.29, 1.82) is 0 Å². The van der Waals surface area contributed by atoms with Gasteiger partial charge >= 0.3 is 0 Å². The summed E-state index contributed by atoms with van der Waals surface area (Å²) in [5, 5.41) is 3.18. The number of oxazole rings is 1. The first-order valence-corrected chi connectivity index (χ1v) is 8.33. The summed E-state index contributed by atoms with van der Waals surface area (Å²) in [5.41, 5.74) is 4.14. The van der Waals surface area contributed by atoms with E-state index in [0.29, 0.717) is 22.5 Å². The minimum absolute atomic E-state index is 0.176. The molecule has 5 heteroatoms. The minimum Gasteiger partial charge on any atom is -0.436 e. The molecule has 0 bridgehead atoms. The van der Waals surface area contributed by atoms with Crippen molar-refractivity contribution in [1.82, 2.24) is 4.98 Å². The Balaban J connectivity index is 2.01. The summed E-state index contributed by atoms with van der Waals surface area (Å²) >= 11 is 6.11. The van der Waals surface area contributed by atoms with Gasteiger partial charge in [0.15, 0.2) is 5.58 Å². The van der Waals surface area contributed by atoms with Gasteiger partial charge in [-0.15, -0.1) is 0 Å². The molecule has 0 aliphatic carbocycles. The van der Waals surface area contributed by atoms with Gasteiger partial charge in [0.05, 0.1) is 10.7 Å². The summed E-state index contributed by atoms with van der Waals surface area (Å²) in [4.78, 5) is 15.9. The number of amides is 1. The van der Waals surface area contributed by atoms with Gasteiger partial charge in [-0.25, -0.2) is 4.98 Å². The van der Waals surface area contributed by atoms with Crippen LogP contribution in [0.1, 0.15) is 38.7 Å². The molecule has 3 aromatic rings. The first-order valence-electron chi connectivity index (χ1n) is 7.96. The van der Waals surface area contributed by atoms with Crippen LogP contribution in [0.3, 0.4) is 0 Å². The number of anilines is 1. The van der Waals surface area contributed by atoms with Crippen LogP contribution in [0.5, 0.6) is 0 Å². The number of hydrogen-bond acceptors (Lipinski definition) is 3. The third-order valence-electron chi connectivity index (χ3n) is 4.12. The van der Waals surface area contributed by atoms with Crippen LogP contribution < -0.4 is 5.32 Å². The predicted molar refractivity (Wildman–Crippen MR) is 97.5 cm³/mol. The number of rotatable bonds is 4. The molecule has 24 heavy (non-hydrogen) atoms. The van der Waals surface area contributed by atoms with Gasteiger partial charge in [-0.2, -0.15) is 0 Å². The number of nitrogens with zero attached hydrogens (tertiary/aromatic N) is 1. The lowest BCUT2D eigenvalue weighted by Crippen LogP contribution is -2.06. The first kappa shape index (κ1) is 16.5. The van der Waals surface area contributed by atoms with Crippen molar-refractivity contribution in [3.05, 3.63) is 47.0 Å². The van der Waals surface area contributed by atoms with E-state index in [1.165, 1.54) is 12.5 Å². The molecule has 0 aliphatic rings. The van der Waals surface area contributed by atoms with Gasteiger partial charge in [-0.1, -0.05) is 31.5 Å². The maximum absolute atomic E-state index is 11.3. The Morgan fingerprint density at radius 1 is 1.29 bits per heavy atom. The van der Waals surface area contributed by atoms with Crippen molar-refractivity contribution in [2.24, 2.45) is 0 Å². The van der Waals surface area contributed by atoms with Gasteiger partial charge in [0.1, 0.15) is 5.52 Å². The summed E-state index contributed by atoms with van der Waals surface area (Å²) in [6.07, 6.45) is 1.08. The van der Waals surface area contributed by atoms with E-state index < -0.39 is 0 Å². The van der Waals surface area contributed by atoms with Crippen LogP contribution in [0, 0.1) is 0 Å². The van der Waals surface area contributed by atoms with Crippen LogP contribution >= 0.6 is 11.6 Å². The van der Waals surface area contributed by atoms with Crippen LogP contribution in [-0.4, -0.2) is 10.9 Å². The van der Waals surface area contributed by atoms with E-state index in [1.54, 1.807) is 12.1 Å². The maximum Gasteiger partial charge on any atom is 0.227 e. The SMILES string of the molecule is CCC(C)c1ccc2oc(-c3ccc(Cl)c(NC(C)=O)c3)nc2c1. The zero-order chi connectivity index (χ0) is 17.3. The molecular formula is C19H19ClN2O2. The number of carbonyl (C=O) groups excluding carboxylic acids is 1. The average molecular weight is 343 g/mol. The first-order chi connectivity index (χ1) is 11.5. The van der Waals surface area contributed by atoms with Gasteiger partial charge in [0, 0.05) is 12.5 Å². The fourth-order valence-corrected chi connectivity index (χ4v) is 2.72. The highest BCUT2D eigenvalue weighted by atomic mass is 35.5. The number of benzene rings is 2. The monoisotopic (exact) mass is 342 g/mol. The van der Waals surface area contributed by atoms with E-state index in [4.69, 9.17) is 16.0 Å². The summed E-state index contributed by atoms with van der Waals surface area (Å²) in [7, 11) is 0. The smallest absolute Gasteiger partial charge is 0.227 e. The third-order valence-corrected chi connectivity index (χ3v) is 4.45. The number of fused-ring (bicyclic) bond motifs is 1. The molecule has 1 atom stereocenters. The highest BCUT2D eigenvalue weighted by Gasteiger charge is 2.13. The Bertz CT molecular complexity index is 902. The van der Waals surface area contributed by atoms with Crippen LogP contribution in [0.15, 0.2) is 40.8 Å². The molecule has 1 N–H and O–H groups in total. The Labute approximate surface area is 145 Å². The highest BCUT2D eigenvalue weighted by molar-refractivity contribution is 6.33. The highest BCUT2D eigenvalue weighted by Crippen LogP contribution is 2.31. The third kappa shape index (κ3) is 3.29. The lowest BCUT2D eigenvalue weighted by molar-refractivity contribution is -0.114. The molecule has 124 valence electrons. The number of halogens is 1. The van der Waals surface area contributed by atoms with Gasteiger partial charge in [-0.05, 0) is 48.2 Å². The van der Waals surface area contributed by atoms with E-state index >= 15 is 0 Å². The number of aromatic nitrogens is 1. The molecule has 1 unspecified atom stereocenters. The van der Waals surface area contributed by atoms with Crippen molar-refractivity contribution < 1.29 is 9.21 Å². The van der Waals surface area contributed by atoms with Gasteiger partial charge in [0.25, 0.3) is 0 Å². The fraction of sp³-hybridized carbons (Fsp3) is 0.263. The summed E-state index contributed by atoms with van der Waals surface area (Å²) in [5.74, 6) is 0.816. The number of nitrogens with one attached hydrogen (secondary N) is 1. The second kappa shape index (κ2) is 6.65. The van der Waals surface area contributed by atoms with Crippen molar-refractivity contribution in [2.45, 2.75) is 33.1 Å². The Morgan fingerprint density at radius 2 is 2.08 bits per heavy atom. The molecule has 0 saturated heterocycles. The van der Waals surface area contributed by atoms with Crippen LogP contribution in [0.25, 0.3) is 22.6 Å². The van der Waals surface area contributed by atoms with E-state index in [0.717, 1.165) is 23.1 Å². The lowest BCUT2D eigenvalue weighted by Gasteiger charge is -2.07. The second-order valence-electron chi connectivity index (χ2n) is 5.93. The second-order valence-corrected chi connectivity index (χ2v) is 6.34. The number of hydrogen-bond donors (Lipinski definition) is 1. The normalized spacial score (nSPS) is 12.3. The molecule has 1 aromatic heterocycles. The van der Waals surface area contributed by atoms with Crippen LogP contribution in [0.4, 0.5) is 5.69 Å². The molecule has 0 aliphatic heterocycles. The fourth-order valence-electron chi connectivity index (χ4n) is 2.55. The molecule has 4 nitrogen and oxygen atoms in total. The van der Waals surface area contributed by atoms with E-state index in [-0.39, 0.29) is 5.91 Å². The topological polar surface area (TPSA) is 55.1 Å². The molecule has 0 radical (unpaired) electrons. The van der Waals surface area contributed by atoms with Crippen molar-refractivity contribution in [2.75, 3.05) is 5.32 Å². The van der Waals surface area contributed by atoms with Gasteiger partial charge in [0.2, 0.25) is 11.8 Å². The summed E-state index contributed by atoms with van der Waals surface area (Å²) in [6, 6.07) is 11.4. The molecule has 0 fully saturated rings. The molecule has 3 rings (SSSR count). The average Bonchev–Trinajstić information content (AvgIpc) is 2.98. The molecule has 0 spiro atoms. The van der Waals surface area contributed by atoms with E-state index in [2.05, 4.69) is 36.3 Å². The Hall–Kier alpha value is -2.33. The minimum atomic E-state index is -0.176. The van der Waals surface area contributed by atoms with Crippen molar-refractivity contribution in [3.8, 4) is 11.5 Å². The van der Waals surface area contributed by atoms with E-state index in [9.17, 15) is 4.79 Å². The standard InChI is InChI=1S/C19H19ClN2O2/c1-4-11(2)13-6-8-18-17(9-13)22-19(24-18)14-5-7-15(20)16(10-14)21-12(3)23/h5-11H,4H2,1-3H3,(H,21,23). The molecule has 1 heterocycles. The molecule has 2 aromatic carbocycles. The van der Waals surface area contributed by atoms with Crippen LogP contribution in [0.2, 0.25) is 5.02 Å². The maximum atomic E-state index is 11.3. The summed E-state index contributed by atoms with van der Waals surface area (Å²) < 4.78 is 5.86.